The van der Waals surface area contributed by atoms with Crippen molar-refractivity contribution in [3.8, 4) is 11.5 Å². The van der Waals surface area contributed by atoms with Gasteiger partial charge in [0.05, 0.1) is 15.7 Å². The Balaban J connectivity index is 1.37. The molecule has 0 aliphatic rings. The first-order valence-corrected chi connectivity index (χ1v) is 13.1. The fraction of sp³-hybridized carbons (Fsp3) is 0. The second-order valence-electron chi connectivity index (χ2n) is 8.57. The zero-order chi connectivity index (χ0) is 29.1. The summed E-state index contributed by atoms with van der Waals surface area (Å²) in [6, 6.07) is 21.5. The van der Waals surface area contributed by atoms with Gasteiger partial charge in [-0.1, -0.05) is 48.5 Å². The lowest BCUT2D eigenvalue weighted by Gasteiger charge is -2.14. The maximum atomic E-state index is 15.0. The van der Waals surface area contributed by atoms with E-state index in [1.807, 2.05) is 5.32 Å². The molecule has 0 bridgehead atoms. The fourth-order valence-electron chi connectivity index (χ4n) is 4.05. The number of urea groups is 1. The summed E-state index contributed by atoms with van der Waals surface area (Å²) in [4.78, 5) is 25.3. The van der Waals surface area contributed by atoms with Crippen molar-refractivity contribution < 1.29 is 36.1 Å². The van der Waals surface area contributed by atoms with Crippen LogP contribution in [0.5, 0.6) is 11.5 Å². The molecule has 3 amide bonds. The lowest BCUT2D eigenvalue weighted by molar-refractivity contribution is 0.0959. The van der Waals surface area contributed by atoms with Crippen LogP contribution in [-0.4, -0.2) is 16.1 Å². The molecule has 206 valence electrons. The zero-order valence-corrected chi connectivity index (χ0v) is 21.6. The molecule has 1 unspecified atom stereocenters. The van der Waals surface area contributed by atoms with E-state index < -0.39 is 63.0 Å². The van der Waals surface area contributed by atoms with Gasteiger partial charge in [0.1, 0.15) is 22.9 Å². The summed E-state index contributed by atoms with van der Waals surface area (Å²) >= 11 is 0. The standard InChI is InChI=1S/C30H18F4N2O4S/c31-21-11-6-12-22(32)27(21)29(37)36-30(38)35-17-15-23(33)28(24(34)16-17)40-25-13-14-26(20-10-5-4-9-19(20)25)41(39)18-7-2-1-3-8-18/h1-16H,(H2,35,36,37,38). The number of hydrogen-bond acceptors (Lipinski definition) is 4. The molecule has 11 heteroatoms. The Morgan fingerprint density at radius 3 is 1.95 bits per heavy atom. The van der Waals surface area contributed by atoms with Gasteiger partial charge in [-0.3, -0.25) is 10.1 Å². The van der Waals surface area contributed by atoms with Crippen molar-refractivity contribution in [2.75, 3.05) is 5.32 Å². The highest BCUT2D eigenvalue weighted by molar-refractivity contribution is 7.85. The van der Waals surface area contributed by atoms with E-state index in [2.05, 4.69) is 0 Å². The minimum atomic E-state index is -1.53. The van der Waals surface area contributed by atoms with Gasteiger partial charge in [-0.2, -0.15) is 0 Å². The molecular formula is C30H18F4N2O4S. The molecule has 0 spiro atoms. The molecule has 5 aromatic carbocycles. The van der Waals surface area contributed by atoms with E-state index in [-0.39, 0.29) is 5.75 Å². The van der Waals surface area contributed by atoms with E-state index in [4.69, 9.17) is 4.74 Å². The lowest BCUT2D eigenvalue weighted by Crippen LogP contribution is -2.35. The molecule has 0 aliphatic heterocycles. The highest BCUT2D eigenvalue weighted by Crippen LogP contribution is 2.37. The molecule has 0 aliphatic carbocycles. The second kappa shape index (κ2) is 11.6. The van der Waals surface area contributed by atoms with Crippen LogP contribution in [0.15, 0.2) is 107 Å². The number of anilines is 1. The van der Waals surface area contributed by atoms with Crippen LogP contribution in [-0.2, 0) is 10.8 Å². The maximum Gasteiger partial charge on any atom is 0.326 e. The van der Waals surface area contributed by atoms with E-state index in [0.717, 1.165) is 30.3 Å². The van der Waals surface area contributed by atoms with Crippen molar-refractivity contribution in [1.82, 2.24) is 5.32 Å². The molecule has 0 fully saturated rings. The Hall–Kier alpha value is -5.03. The van der Waals surface area contributed by atoms with Gasteiger partial charge < -0.3 is 10.1 Å². The summed E-state index contributed by atoms with van der Waals surface area (Å²) < 4.78 is 76.3. The Morgan fingerprint density at radius 2 is 1.29 bits per heavy atom. The van der Waals surface area contributed by atoms with Crippen LogP contribution in [0, 0.1) is 23.3 Å². The fourth-order valence-corrected chi connectivity index (χ4v) is 5.28. The highest BCUT2D eigenvalue weighted by atomic mass is 32.2. The van der Waals surface area contributed by atoms with Gasteiger partial charge >= 0.3 is 6.03 Å². The Kier molecular flexibility index (Phi) is 7.79. The summed E-state index contributed by atoms with van der Waals surface area (Å²) in [5.74, 6) is -6.84. The number of amides is 3. The summed E-state index contributed by atoms with van der Waals surface area (Å²) in [6.07, 6.45) is 0. The number of hydrogen-bond donors (Lipinski definition) is 2. The summed E-state index contributed by atoms with van der Waals surface area (Å²) in [5.41, 5.74) is -1.39. The minimum Gasteiger partial charge on any atom is -0.451 e. The number of carbonyl (C=O) groups excluding carboxylic acids is 2. The van der Waals surface area contributed by atoms with Crippen LogP contribution in [0.3, 0.4) is 0 Å². The third-order valence-corrected chi connectivity index (χ3v) is 7.34. The number of fused-ring (bicyclic) bond motifs is 1. The van der Waals surface area contributed by atoms with Crippen molar-refractivity contribution in [2.24, 2.45) is 0 Å². The smallest absolute Gasteiger partial charge is 0.326 e. The summed E-state index contributed by atoms with van der Waals surface area (Å²) in [7, 11) is -1.53. The third kappa shape index (κ3) is 5.80. The van der Waals surface area contributed by atoms with Crippen molar-refractivity contribution in [2.45, 2.75) is 9.79 Å². The summed E-state index contributed by atoms with van der Waals surface area (Å²) in [6.45, 7) is 0. The van der Waals surface area contributed by atoms with Gasteiger partial charge in [0.2, 0.25) is 0 Å². The van der Waals surface area contributed by atoms with Gasteiger partial charge in [-0.25, -0.2) is 26.6 Å². The second-order valence-corrected chi connectivity index (χ2v) is 10.0. The average molecular weight is 579 g/mol. The number of carbonyl (C=O) groups is 2. The number of imide groups is 1. The van der Waals surface area contributed by atoms with Gasteiger partial charge in [0.25, 0.3) is 5.91 Å². The Morgan fingerprint density at radius 1 is 0.683 bits per heavy atom. The summed E-state index contributed by atoms with van der Waals surface area (Å²) in [5, 5.41) is 4.74. The maximum absolute atomic E-state index is 15.0. The van der Waals surface area contributed by atoms with Crippen LogP contribution in [0.4, 0.5) is 28.0 Å². The zero-order valence-electron chi connectivity index (χ0n) is 20.8. The lowest BCUT2D eigenvalue weighted by atomic mass is 10.1. The molecule has 0 aromatic heterocycles. The van der Waals surface area contributed by atoms with Crippen molar-refractivity contribution >= 4 is 39.2 Å². The van der Waals surface area contributed by atoms with Gasteiger partial charge in [0.15, 0.2) is 17.4 Å². The molecular weight excluding hydrogens is 560 g/mol. The predicted octanol–water partition coefficient (Wildman–Crippen LogP) is 7.32. The molecule has 0 radical (unpaired) electrons. The van der Waals surface area contributed by atoms with Crippen LogP contribution >= 0.6 is 0 Å². The Bertz CT molecular complexity index is 1790. The Labute approximate surface area is 233 Å². The molecule has 5 rings (SSSR count). The molecule has 5 aromatic rings. The van der Waals surface area contributed by atoms with E-state index in [9.17, 15) is 31.4 Å². The van der Waals surface area contributed by atoms with Gasteiger partial charge in [0, 0.05) is 33.5 Å². The topological polar surface area (TPSA) is 84.5 Å². The van der Waals surface area contributed by atoms with E-state index in [1.54, 1.807) is 66.0 Å². The number of nitrogens with one attached hydrogen (secondary N) is 2. The van der Waals surface area contributed by atoms with Crippen LogP contribution < -0.4 is 15.4 Å². The first-order chi connectivity index (χ1) is 19.7. The molecule has 0 heterocycles. The highest BCUT2D eigenvalue weighted by Gasteiger charge is 2.21. The average Bonchev–Trinajstić information content (AvgIpc) is 2.95. The minimum absolute atomic E-state index is 0.0863. The SMILES string of the molecule is O=C(NC(=O)c1c(F)cccc1F)Nc1cc(F)c(Oc2ccc(S(=O)c3ccccc3)c3ccccc23)c(F)c1. The first-order valence-electron chi connectivity index (χ1n) is 11.9. The van der Waals surface area contributed by atoms with Gasteiger partial charge in [-0.15, -0.1) is 0 Å². The van der Waals surface area contributed by atoms with Crippen molar-refractivity contribution in [1.29, 1.82) is 0 Å². The molecule has 6 nitrogen and oxygen atoms in total. The molecule has 2 N–H and O–H groups in total. The van der Waals surface area contributed by atoms with Crippen molar-refractivity contribution in [3.63, 3.8) is 0 Å². The van der Waals surface area contributed by atoms with E-state index >= 15 is 0 Å². The third-order valence-electron chi connectivity index (χ3n) is 5.89. The van der Waals surface area contributed by atoms with Crippen molar-refractivity contribution in [3.05, 3.63) is 126 Å². The predicted molar refractivity (Wildman–Crippen MR) is 144 cm³/mol. The van der Waals surface area contributed by atoms with Gasteiger partial charge in [-0.05, 0) is 36.4 Å². The van der Waals surface area contributed by atoms with Crippen LogP contribution in [0.1, 0.15) is 10.4 Å². The molecule has 0 saturated carbocycles. The van der Waals surface area contributed by atoms with E-state index in [1.165, 1.54) is 6.07 Å². The molecule has 41 heavy (non-hydrogen) atoms. The monoisotopic (exact) mass is 578 g/mol. The quantitative estimate of drug-likeness (QED) is 0.207. The normalized spacial score (nSPS) is 11.6. The van der Waals surface area contributed by atoms with E-state index in [0.29, 0.717) is 20.6 Å². The van der Waals surface area contributed by atoms with Crippen LogP contribution in [0.2, 0.25) is 0 Å². The largest absolute Gasteiger partial charge is 0.451 e. The van der Waals surface area contributed by atoms with Crippen LogP contribution in [0.25, 0.3) is 10.8 Å². The number of benzene rings is 5. The first kappa shape index (κ1) is 27.5. The number of rotatable bonds is 6. The molecule has 1 atom stereocenters. The number of halogens is 4. The molecule has 0 saturated heterocycles. The number of ether oxygens (including phenoxy) is 1.